The Morgan fingerprint density at radius 1 is 1.45 bits per heavy atom. The zero-order valence-electron chi connectivity index (χ0n) is 11.6. The van der Waals surface area contributed by atoms with Crippen molar-refractivity contribution in [3.8, 4) is 10.6 Å². The summed E-state index contributed by atoms with van der Waals surface area (Å²) in [5.74, 6) is 0.754. The third-order valence-electron chi connectivity index (χ3n) is 3.73. The van der Waals surface area contributed by atoms with Gasteiger partial charge in [0.15, 0.2) is 0 Å². The zero-order chi connectivity index (χ0) is 13.9. The number of hydrogen-bond acceptors (Lipinski definition) is 3. The van der Waals surface area contributed by atoms with E-state index in [1.807, 2.05) is 34.5 Å². The summed E-state index contributed by atoms with van der Waals surface area (Å²) < 4.78 is 0. The highest BCUT2D eigenvalue weighted by Gasteiger charge is 2.22. The summed E-state index contributed by atoms with van der Waals surface area (Å²) in [6.07, 6.45) is 4.13. The maximum absolute atomic E-state index is 12.6. The first kappa shape index (κ1) is 13.3. The van der Waals surface area contributed by atoms with Crippen LogP contribution in [-0.4, -0.2) is 28.9 Å². The minimum absolute atomic E-state index is 0.148. The molecule has 1 saturated heterocycles. The first-order valence-electron chi connectivity index (χ1n) is 7.03. The van der Waals surface area contributed by atoms with Gasteiger partial charge in [0.25, 0.3) is 5.91 Å². The molecule has 1 aromatic carbocycles. The molecule has 3 nitrogen and oxygen atoms in total. The van der Waals surface area contributed by atoms with Crippen LogP contribution in [0, 0.1) is 5.92 Å². The second kappa shape index (κ2) is 5.75. The largest absolute Gasteiger partial charge is 0.338 e. The van der Waals surface area contributed by atoms with Gasteiger partial charge in [0.05, 0.1) is 0 Å². The topological polar surface area (TPSA) is 33.2 Å². The summed E-state index contributed by atoms with van der Waals surface area (Å²) in [5, 5.41) is 2.92. The molecule has 2 heterocycles. The van der Waals surface area contributed by atoms with Gasteiger partial charge in [0.1, 0.15) is 5.01 Å². The lowest BCUT2D eigenvalue weighted by molar-refractivity contribution is 0.0683. The summed E-state index contributed by atoms with van der Waals surface area (Å²) >= 11 is 1.60. The van der Waals surface area contributed by atoms with E-state index in [-0.39, 0.29) is 5.91 Å². The first-order valence-corrected chi connectivity index (χ1v) is 7.91. The van der Waals surface area contributed by atoms with Crippen molar-refractivity contribution in [1.82, 2.24) is 9.88 Å². The van der Waals surface area contributed by atoms with Crippen molar-refractivity contribution >= 4 is 17.2 Å². The quantitative estimate of drug-likeness (QED) is 0.843. The van der Waals surface area contributed by atoms with Gasteiger partial charge in [-0.25, -0.2) is 4.98 Å². The van der Waals surface area contributed by atoms with Crippen LogP contribution in [0.2, 0.25) is 0 Å². The van der Waals surface area contributed by atoms with Gasteiger partial charge in [-0.15, -0.1) is 11.3 Å². The normalized spacial score (nSPS) is 19.1. The molecule has 1 atom stereocenters. The van der Waals surface area contributed by atoms with Crippen molar-refractivity contribution < 1.29 is 4.79 Å². The van der Waals surface area contributed by atoms with Crippen LogP contribution in [0.1, 0.15) is 30.1 Å². The standard InChI is InChI=1S/C16H18N2OS/c1-12-4-3-8-18(11-12)16(19)14-6-2-5-13(10-14)15-17-7-9-20-15/h2,5-7,9-10,12H,3-4,8,11H2,1H3. The molecule has 0 spiro atoms. The molecule has 104 valence electrons. The molecule has 1 amide bonds. The van der Waals surface area contributed by atoms with E-state index in [0.717, 1.165) is 35.6 Å². The summed E-state index contributed by atoms with van der Waals surface area (Å²) in [4.78, 5) is 18.9. The van der Waals surface area contributed by atoms with Gasteiger partial charge in [0, 0.05) is 35.8 Å². The molecule has 1 aliphatic heterocycles. The van der Waals surface area contributed by atoms with Crippen molar-refractivity contribution in [1.29, 1.82) is 0 Å². The molecule has 0 bridgehead atoms. The Hall–Kier alpha value is -1.68. The molecular formula is C16H18N2OS. The number of thiazole rings is 1. The van der Waals surface area contributed by atoms with E-state index in [0.29, 0.717) is 5.92 Å². The average Bonchev–Trinajstić information content (AvgIpc) is 3.01. The van der Waals surface area contributed by atoms with Crippen LogP contribution in [0.15, 0.2) is 35.8 Å². The summed E-state index contributed by atoms with van der Waals surface area (Å²) in [5.41, 5.74) is 1.79. The van der Waals surface area contributed by atoms with E-state index >= 15 is 0 Å². The van der Waals surface area contributed by atoms with E-state index in [2.05, 4.69) is 11.9 Å². The molecule has 20 heavy (non-hydrogen) atoms. The van der Waals surface area contributed by atoms with Gasteiger partial charge in [-0.3, -0.25) is 4.79 Å². The number of hydrogen-bond donors (Lipinski definition) is 0. The Morgan fingerprint density at radius 2 is 2.35 bits per heavy atom. The Balaban J connectivity index is 1.83. The monoisotopic (exact) mass is 286 g/mol. The van der Waals surface area contributed by atoms with E-state index in [1.165, 1.54) is 6.42 Å². The molecule has 2 aromatic rings. The number of piperidine rings is 1. The lowest BCUT2D eigenvalue weighted by Crippen LogP contribution is -2.39. The Kier molecular flexibility index (Phi) is 3.83. The van der Waals surface area contributed by atoms with Crippen LogP contribution in [0.3, 0.4) is 0 Å². The molecule has 1 aliphatic rings. The predicted molar refractivity (Wildman–Crippen MR) is 81.9 cm³/mol. The van der Waals surface area contributed by atoms with Gasteiger partial charge >= 0.3 is 0 Å². The molecule has 1 unspecified atom stereocenters. The number of nitrogens with zero attached hydrogens (tertiary/aromatic N) is 2. The van der Waals surface area contributed by atoms with Crippen LogP contribution in [0.4, 0.5) is 0 Å². The summed E-state index contributed by atoms with van der Waals surface area (Å²) in [6, 6.07) is 7.81. The minimum atomic E-state index is 0.148. The third kappa shape index (κ3) is 2.75. The van der Waals surface area contributed by atoms with Crippen molar-refractivity contribution in [2.75, 3.05) is 13.1 Å². The van der Waals surface area contributed by atoms with E-state index < -0.39 is 0 Å². The number of likely N-dealkylation sites (tertiary alicyclic amines) is 1. The second-order valence-electron chi connectivity index (χ2n) is 5.42. The van der Waals surface area contributed by atoms with Crippen molar-refractivity contribution in [2.24, 2.45) is 5.92 Å². The molecule has 1 fully saturated rings. The van der Waals surface area contributed by atoms with Crippen molar-refractivity contribution in [3.63, 3.8) is 0 Å². The van der Waals surface area contributed by atoms with Crippen molar-refractivity contribution in [2.45, 2.75) is 19.8 Å². The summed E-state index contributed by atoms with van der Waals surface area (Å²) in [7, 11) is 0. The fraction of sp³-hybridized carbons (Fsp3) is 0.375. The van der Waals surface area contributed by atoms with Crippen molar-refractivity contribution in [3.05, 3.63) is 41.4 Å². The summed E-state index contributed by atoms with van der Waals surface area (Å²) in [6.45, 7) is 3.97. The number of carbonyl (C=O) groups is 1. The van der Waals surface area contributed by atoms with Crippen LogP contribution in [0.25, 0.3) is 10.6 Å². The highest BCUT2D eigenvalue weighted by atomic mass is 32.1. The van der Waals surface area contributed by atoms with E-state index in [1.54, 1.807) is 17.5 Å². The molecular weight excluding hydrogens is 268 g/mol. The van der Waals surface area contributed by atoms with Crippen LogP contribution < -0.4 is 0 Å². The Labute approximate surface area is 123 Å². The van der Waals surface area contributed by atoms with Crippen LogP contribution in [-0.2, 0) is 0 Å². The predicted octanol–water partition coefficient (Wildman–Crippen LogP) is 3.68. The number of rotatable bonds is 2. The van der Waals surface area contributed by atoms with Crippen LogP contribution in [0.5, 0.6) is 0 Å². The lowest BCUT2D eigenvalue weighted by atomic mass is 9.99. The van der Waals surface area contributed by atoms with Gasteiger partial charge in [-0.05, 0) is 30.9 Å². The smallest absolute Gasteiger partial charge is 0.253 e. The maximum Gasteiger partial charge on any atom is 0.253 e. The molecule has 3 rings (SSSR count). The molecule has 0 aliphatic carbocycles. The van der Waals surface area contributed by atoms with Gasteiger partial charge < -0.3 is 4.90 Å². The maximum atomic E-state index is 12.6. The molecule has 0 N–H and O–H groups in total. The van der Waals surface area contributed by atoms with E-state index in [4.69, 9.17) is 0 Å². The van der Waals surface area contributed by atoms with Gasteiger partial charge in [-0.1, -0.05) is 19.1 Å². The fourth-order valence-corrected chi connectivity index (χ4v) is 3.34. The lowest BCUT2D eigenvalue weighted by Gasteiger charge is -2.31. The zero-order valence-corrected chi connectivity index (χ0v) is 12.4. The number of aromatic nitrogens is 1. The number of amides is 1. The molecule has 0 saturated carbocycles. The Morgan fingerprint density at radius 3 is 3.10 bits per heavy atom. The third-order valence-corrected chi connectivity index (χ3v) is 4.56. The van der Waals surface area contributed by atoms with Crippen LogP contribution >= 0.6 is 11.3 Å². The fourth-order valence-electron chi connectivity index (χ4n) is 2.71. The van der Waals surface area contributed by atoms with Gasteiger partial charge in [-0.2, -0.15) is 0 Å². The minimum Gasteiger partial charge on any atom is -0.338 e. The number of carbonyl (C=O) groups excluding carboxylic acids is 1. The Bertz CT molecular complexity index is 594. The van der Waals surface area contributed by atoms with E-state index in [9.17, 15) is 4.79 Å². The highest BCUT2D eigenvalue weighted by Crippen LogP contribution is 2.24. The number of benzene rings is 1. The first-order chi connectivity index (χ1) is 9.74. The highest BCUT2D eigenvalue weighted by molar-refractivity contribution is 7.13. The molecule has 4 heteroatoms. The SMILES string of the molecule is CC1CCCN(C(=O)c2cccc(-c3nccs3)c2)C1. The molecule has 0 radical (unpaired) electrons. The van der Waals surface area contributed by atoms with Gasteiger partial charge in [0.2, 0.25) is 0 Å². The second-order valence-corrected chi connectivity index (χ2v) is 6.31. The molecule has 1 aromatic heterocycles. The average molecular weight is 286 g/mol.